The van der Waals surface area contributed by atoms with Gasteiger partial charge < -0.3 is 24.8 Å². The van der Waals surface area contributed by atoms with Crippen LogP contribution in [0.1, 0.15) is 64.0 Å². The Morgan fingerprint density at radius 2 is 1.59 bits per heavy atom. The summed E-state index contributed by atoms with van der Waals surface area (Å²) in [7, 11) is 3.15. The summed E-state index contributed by atoms with van der Waals surface area (Å²) in [4.78, 5) is 40.6. The quantitative estimate of drug-likeness (QED) is 0.251. The maximum absolute atomic E-state index is 14.1. The van der Waals surface area contributed by atoms with Crippen LogP contribution in [-0.2, 0) is 36.9 Å². The number of rotatable bonds is 14. The van der Waals surface area contributed by atoms with Crippen molar-refractivity contribution in [2.24, 2.45) is 17.8 Å². The second-order valence-electron chi connectivity index (χ2n) is 11.8. The number of methoxy groups -OCH3 is 1. The molecule has 224 valence electrons. The number of esters is 1. The van der Waals surface area contributed by atoms with Gasteiger partial charge in [-0.2, -0.15) is 0 Å². The minimum absolute atomic E-state index is 0.0213. The van der Waals surface area contributed by atoms with Crippen molar-refractivity contribution in [3.8, 4) is 5.75 Å². The molecule has 1 aliphatic rings. The van der Waals surface area contributed by atoms with Crippen molar-refractivity contribution in [1.82, 2.24) is 10.6 Å². The number of hydrogen-bond acceptors (Lipinski definition) is 6. The predicted octanol–water partition coefficient (Wildman–Crippen LogP) is 4.84. The number of ether oxygens (including phenoxy) is 3. The number of carbonyl (C=O) groups is 3. The average Bonchev–Trinajstić information content (AvgIpc) is 3.48. The van der Waals surface area contributed by atoms with Gasteiger partial charge in [0.15, 0.2) is 0 Å². The first-order valence-electron chi connectivity index (χ1n) is 14.6. The van der Waals surface area contributed by atoms with E-state index in [1.807, 2.05) is 75.4 Å². The fraction of sp³-hybridized carbons (Fsp3) is 0.545. The summed E-state index contributed by atoms with van der Waals surface area (Å²) in [6, 6.07) is 16.5. The van der Waals surface area contributed by atoms with E-state index in [2.05, 4.69) is 10.6 Å². The fourth-order valence-electron chi connectivity index (χ4n) is 5.49. The lowest BCUT2D eigenvalue weighted by molar-refractivity contribution is -0.166. The van der Waals surface area contributed by atoms with Gasteiger partial charge in [-0.05, 0) is 69.2 Å². The second kappa shape index (κ2) is 15.6. The first kappa shape index (κ1) is 32.1. The lowest BCUT2D eigenvalue weighted by Gasteiger charge is -2.33. The summed E-state index contributed by atoms with van der Waals surface area (Å²) in [5.41, 5.74) is 1.23. The van der Waals surface area contributed by atoms with E-state index in [4.69, 9.17) is 14.2 Å². The van der Waals surface area contributed by atoms with Crippen LogP contribution in [0, 0.1) is 17.8 Å². The summed E-state index contributed by atoms with van der Waals surface area (Å²) < 4.78 is 17.0. The van der Waals surface area contributed by atoms with E-state index in [1.54, 1.807) is 14.2 Å². The van der Waals surface area contributed by atoms with E-state index >= 15 is 0 Å². The standard InChI is InChI=1S/C33H46N2O6/c1-33(2,3)41-32(38)27(19-20-40-22-24-11-7-6-8-12-24)29(25-13-9-10-14-25)31(37)35-28(30(36)34-4)21-23-15-17-26(39-5)18-16-23/h6-8,11-12,15-18,25,27-29H,9-10,13-14,19-22H2,1-5H3,(H,34,36)(H,35,37). The Hall–Kier alpha value is -3.39. The molecule has 0 spiro atoms. The third kappa shape index (κ3) is 10.2. The minimum atomic E-state index is -0.793. The SMILES string of the molecule is CNC(=O)C(Cc1ccc(OC)cc1)NC(=O)C(C1CCCC1)C(CCOCc1ccccc1)C(=O)OC(C)(C)C. The lowest BCUT2D eigenvalue weighted by Crippen LogP contribution is -2.52. The van der Waals surface area contributed by atoms with Crippen molar-refractivity contribution in [3.05, 3.63) is 65.7 Å². The molecule has 0 radical (unpaired) electrons. The molecular weight excluding hydrogens is 520 g/mol. The van der Waals surface area contributed by atoms with E-state index in [0.717, 1.165) is 36.8 Å². The van der Waals surface area contributed by atoms with Crippen molar-refractivity contribution in [1.29, 1.82) is 0 Å². The van der Waals surface area contributed by atoms with Gasteiger partial charge in [-0.1, -0.05) is 55.3 Å². The normalized spacial score (nSPS) is 15.9. The Balaban J connectivity index is 1.82. The smallest absolute Gasteiger partial charge is 0.310 e. The summed E-state index contributed by atoms with van der Waals surface area (Å²) >= 11 is 0. The van der Waals surface area contributed by atoms with Gasteiger partial charge in [-0.15, -0.1) is 0 Å². The molecule has 8 nitrogen and oxygen atoms in total. The highest BCUT2D eigenvalue weighted by atomic mass is 16.6. The van der Waals surface area contributed by atoms with E-state index in [0.29, 0.717) is 31.8 Å². The molecule has 2 aromatic carbocycles. The third-order valence-corrected chi connectivity index (χ3v) is 7.52. The maximum atomic E-state index is 14.1. The second-order valence-corrected chi connectivity index (χ2v) is 11.8. The van der Waals surface area contributed by atoms with Crippen LogP contribution in [-0.4, -0.2) is 50.2 Å². The van der Waals surface area contributed by atoms with Gasteiger partial charge >= 0.3 is 5.97 Å². The number of benzene rings is 2. The Morgan fingerprint density at radius 1 is 0.927 bits per heavy atom. The molecule has 0 bridgehead atoms. The summed E-state index contributed by atoms with van der Waals surface area (Å²) in [5, 5.41) is 5.68. The molecule has 0 heterocycles. The largest absolute Gasteiger partial charge is 0.497 e. The van der Waals surface area contributed by atoms with E-state index in [-0.39, 0.29) is 17.7 Å². The predicted molar refractivity (Wildman–Crippen MR) is 158 cm³/mol. The van der Waals surface area contributed by atoms with Crippen molar-refractivity contribution in [3.63, 3.8) is 0 Å². The Labute approximate surface area is 244 Å². The number of nitrogens with one attached hydrogen (secondary N) is 2. The van der Waals surface area contributed by atoms with E-state index in [9.17, 15) is 14.4 Å². The van der Waals surface area contributed by atoms with Gasteiger partial charge in [0.05, 0.1) is 25.6 Å². The molecule has 41 heavy (non-hydrogen) atoms. The van der Waals surface area contributed by atoms with Crippen molar-refractivity contribution in [2.75, 3.05) is 20.8 Å². The molecule has 0 saturated heterocycles. The number of amides is 2. The van der Waals surface area contributed by atoms with Crippen molar-refractivity contribution in [2.45, 2.75) is 77.5 Å². The van der Waals surface area contributed by atoms with Gasteiger partial charge in [0.2, 0.25) is 11.8 Å². The van der Waals surface area contributed by atoms with Crippen LogP contribution in [0.4, 0.5) is 0 Å². The van der Waals surface area contributed by atoms with E-state index < -0.39 is 29.4 Å². The van der Waals surface area contributed by atoms with Crippen LogP contribution < -0.4 is 15.4 Å². The van der Waals surface area contributed by atoms with Crippen LogP contribution in [0.3, 0.4) is 0 Å². The van der Waals surface area contributed by atoms with Crippen LogP contribution in [0.5, 0.6) is 5.75 Å². The summed E-state index contributed by atoms with van der Waals surface area (Å²) in [5.74, 6) is -1.58. The molecule has 0 aliphatic heterocycles. The molecule has 3 atom stereocenters. The minimum Gasteiger partial charge on any atom is -0.497 e. The maximum Gasteiger partial charge on any atom is 0.310 e. The Morgan fingerprint density at radius 3 is 2.17 bits per heavy atom. The summed E-state index contributed by atoms with van der Waals surface area (Å²) in [6.07, 6.45) is 4.37. The van der Waals surface area contributed by atoms with Crippen LogP contribution in [0.2, 0.25) is 0 Å². The summed E-state index contributed by atoms with van der Waals surface area (Å²) in [6.45, 7) is 6.21. The third-order valence-electron chi connectivity index (χ3n) is 7.52. The molecule has 3 rings (SSSR count). The molecule has 1 aliphatic carbocycles. The first-order chi connectivity index (χ1) is 19.6. The van der Waals surface area contributed by atoms with Gasteiger partial charge in [-0.3, -0.25) is 14.4 Å². The highest BCUT2D eigenvalue weighted by Gasteiger charge is 2.43. The molecule has 2 amide bonds. The van der Waals surface area contributed by atoms with Crippen molar-refractivity contribution < 1.29 is 28.6 Å². The monoisotopic (exact) mass is 566 g/mol. The van der Waals surface area contributed by atoms with Crippen molar-refractivity contribution >= 4 is 17.8 Å². The molecule has 1 saturated carbocycles. The van der Waals surface area contributed by atoms with E-state index in [1.165, 1.54) is 0 Å². The molecule has 2 N–H and O–H groups in total. The van der Waals surface area contributed by atoms with Crippen LogP contribution in [0.25, 0.3) is 0 Å². The first-order valence-corrected chi connectivity index (χ1v) is 14.6. The number of hydrogen-bond donors (Lipinski definition) is 2. The molecule has 3 unspecified atom stereocenters. The zero-order valence-corrected chi connectivity index (χ0v) is 25.1. The Bertz CT molecular complexity index is 1110. The zero-order valence-electron chi connectivity index (χ0n) is 25.1. The average molecular weight is 567 g/mol. The van der Waals surface area contributed by atoms with Gasteiger partial charge in [0.25, 0.3) is 0 Å². The number of carbonyl (C=O) groups excluding carboxylic acids is 3. The van der Waals surface area contributed by atoms with Crippen LogP contribution in [0.15, 0.2) is 54.6 Å². The fourth-order valence-corrected chi connectivity index (χ4v) is 5.49. The molecular formula is C33H46N2O6. The Kier molecular flexibility index (Phi) is 12.2. The molecule has 8 heteroatoms. The highest BCUT2D eigenvalue weighted by molar-refractivity contribution is 5.91. The van der Waals surface area contributed by atoms with Gasteiger partial charge in [-0.25, -0.2) is 0 Å². The van der Waals surface area contributed by atoms with Gasteiger partial charge in [0.1, 0.15) is 17.4 Å². The van der Waals surface area contributed by atoms with Gasteiger partial charge in [0, 0.05) is 20.1 Å². The lowest BCUT2D eigenvalue weighted by atomic mass is 9.77. The highest BCUT2D eigenvalue weighted by Crippen LogP contribution is 2.38. The topological polar surface area (TPSA) is 103 Å². The molecule has 0 aromatic heterocycles. The molecule has 1 fully saturated rings. The zero-order chi connectivity index (χ0) is 29.8. The van der Waals surface area contributed by atoms with Crippen LogP contribution >= 0.6 is 0 Å². The number of likely N-dealkylation sites (N-methyl/N-ethyl adjacent to an activating group) is 1. The molecule has 2 aromatic rings.